The Kier molecular flexibility index (Phi) is 5.62. The molecule has 0 spiro atoms. The fourth-order valence-corrected chi connectivity index (χ4v) is 2.86. The maximum absolute atomic E-state index is 12.1. The highest BCUT2D eigenvalue weighted by Crippen LogP contribution is 2.17. The van der Waals surface area contributed by atoms with E-state index in [0.717, 1.165) is 19.4 Å². The molecule has 2 rings (SSSR count). The largest absolute Gasteiger partial charge is 0.351 e. The summed E-state index contributed by atoms with van der Waals surface area (Å²) in [6.07, 6.45) is 3.66. The lowest BCUT2D eigenvalue weighted by Gasteiger charge is -2.33. The molecule has 1 heterocycles. The van der Waals surface area contributed by atoms with Gasteiger partial charge in [0.2, 0.25) is 5.91 Å². The highest BCUT2D eigenvalue weighted by Gasteiger charge is 2.22. The molecule has 114 valence electrons. The molecule has 21 heavy (non-hydrogen) atoms. The van der Waals surface area contributed by atoms with E-state index in [1.165, 1.54) is 6.42 Å². The summed E-state index contributed by atoms with van der Waals surface area (Å²) in [5.74, 6) is -0.123. The van der Waals surface area contributed by atoms with Gasteiger partial charge in [0.1, 0.15) is 0 Å². The van der Waals surface area contributed by atoms with E-state index in [1.807, 2.05) is 4.90 Å². The van der Waals surface area contributed by atoms with E-state index in [9.17, 15) is 9.59 Å². The maximum Gasteiger partial charge on any atom is 0.252 e. The van der Waals surface area contributed by atoms with Crippen LogP contribution >= 0.6 is 11.6 Å². The van der Waals surface area contributed by atoms with Gasteiger partial charge in [-0.05, 0) is 38.3 Å². The van der Waals surface area contributed by atoms with Crippen molar-refractivity contribution in [1.29, 1.82) is 0 Å². The Bertz CT molecular complexity index is 519. The Hall–Kier alpha value is -1.55. The number of piperidine rings is 1. The van der Waals surface area contributed by atoms with Crippen molar-refractivity contribution >= 4 is 23.4 Å². The zero-order valence-corrected chi connectivity index (χ0v) is 13.0. The third kappa shape index (κ3) is 4.21. The summed E-state index contributed by atoms with van der Waals surface area (Å²) in [5, 5.41) is 3.18. The molecule has 0 radical (unpaired) electrons. The van der Waals surface area contributed by atoms with Crippen molar-refractivity contribution in [3.8, 4) is 0 Å². The van der Waals surface area contributed by atoms with Gasteiger partial charge in [-0.15, -0.1) is 0 Å². The minimum atomic E-state index is -0.236. The van der Waals surface area contributed by atoms with Crippen molar-refractivity contribution in [3.05, 3.63) is 34.9 Å². The minimum Gasteiger partial charge on any atom is -0.351 e. The molecule has 0 bridgehead atoms. The molecule has 4 nitrogen and oxygen atoms in total. The molecule has 1 aliphatic heterocycles. The molecule has 1 aromatic carbocycles. The second-order valence-electron chi connectivity index (χ2n) is 5.42. The monoisotopic (exact) mass is 308 g/mol. The Balaban J connectivity index is 1.80. The summed E-state index contributed by atoms with van der Waals surface area (Å²) in [7, 11) is 0. The van der Waals surface area contributed by atoms with E-state index in [0.29, 0.717) is 29.6 Å². The van der Waals surface area contributed by atoms with E-state index in [2.05, 4.69) is 12.2 Å². The number of hydrogen-bond donors (Lipinski definition) is 1. The van der Waals surface area contributed by atoms with Crippen LogP contribution in [0.1, 0.15) is 43.0 Å². The summed E-state index contributed by atoms with van der Waals surface area (Å²) in [6.45, 7) is 3.25. The van der Waals surface area contributed by atoms with Crippen molar-refractivity contribution in [2.75, 3.05) is 13.1 Å². The highest BCUT2D eigenvalue weighted by atomic mass is 35.5. The van der Waals surface area contributed by atoms with Crippen molar-refractivity contribution in [2.45, 2.75) is 38.6 Å². The molecule has 2 amide bonds. The quantitative estimate of drug-likeness (QED) is 0.930. The number of carbonyl (C=O) groups excluding carboxylic acids is 2. The van der Waals surface area contributed by atoms with E-state index in [1.54, 1.807) is 24.3 Å². The second-order valence-corrected chi connectivity index (χ2v) is 5.82. The standard InChI is InChI=1S/C16H21ClN2O2/c1-12-6-4-5-11-19(12)15(20)9-10-18-16(21)13-7-2-3-8-14(13)17/h2-3,7-8,12H,4-6,9-11H2,1H3,(H,18,21). The van der Waals surface area contributed by atoms with Crippen LogP contribution in [0.5, 0.6) is 0 Å². The third-order valence-corrected chi connectivity index (χ3v) is 4.20. The van der Waals surface area contributed by atoms with Crippen LogP contribution in [0.4, 0.5) is 0 Å². The van der Waals surface area contributed by atoms with Gasteiger partial charge < -0.3 is 10.2 Å². The average molecular weight is 309 g/mol. The summed E-state index contributed by atoms with van der Waals surface area (Å²) < 4.78 is 0. The predicted octanol–water partition coefficient (Wildman–Crippen LogP) is 2.86. The summed E-state index contributed by atoms with van der Waals surface area (Å²) in [5.41, 5.74) is 0.443. The van der Waals surface area contributed by atoms with Crippen LogP contribution in [0, 0.1) is 0 Å². The number of likely N-dealkylation sites (tertiary alicyclic amines) is 1. The Morgan fingerprint density at radius 2 is 2.10 bits per heavy atom. The number of halogens is 1. The van der Waals surface area contributed by atoms with Gasteiger partial charge >= 0.3 is 0 Å². The molecular weight excluding hydrogens is 288 g/mol. The number of benzene rings is 1. The molecule has 5 heteroatoms. The van der Waals surface area contributed by atoms with Gasteiger partial charge in [0.15, 0.2) is 0 Å². The number of nitrogens with one attached hydrogen (secondary N) is 1. The topological polar surface area (TPSA) is 49.4 Å². The first-order chi connectivity index (χ1) is 10.1. The molecular formula is C16H21ClN2O2. The molecule has 1 saturated heterocycles. The van der Waals surface area contributed by atoms with E-state index in [-0.39, 0.29) is 11.8 Å². The van der Waals surface area contributed by atoms with Gasteiger partial charge in [0, 0.05) is 25.6 Å². The lowest BCUT2D eigenvalue weighted by atomic mass is 10.0. The molecule has 0 aliphatic carbocycles. The smallest absolute Gasteiger partial charge is 0.252 e. The normalized spacial score (nSPS) is 18.4. The van der Waals surface area contributed by atoms with Gasteiger partial charge in [-0.2, -0.15) is 0 Å². The maximum atomic E-state index is 12.1. The summed E-state index contributed by atoms with van der Waals surface area (Å²) in [4.78, 5) is 26.0. The van der Waals surface area contributed by atoms with E-state index in [4.69, 9.17) is 11.6 Å². The molecule has 1 unspecified atom stereocenters. The molecule has 0 saturated carbocycles. The zero-order chi connectivity index (χ0) is 15.2. The summed E-state index contributed by atoms with van der Waals surface area (Å²) >= 11 is 5.97. The molecule has 1 fully saturated rings. The fraction of sp³-hybridized carbons (Fsp3) is 0.500. The van der Waals surface area contributed by atoms with E-state index < -0.39 is 0 Å². The first-order valence-corrected chi connectivity index (χ1v) is 7.79. The number of amides is 2. The molecule has 0 aromatic heterocycles. The predicted molar refractivity (Wildman–Crippen MR) is 83.4 cm³/mol. The molecule has 1 atom stereocenters. The van der Waals surface area contributed by atoms with Crippen molar-refractivity contribution in [1.82, 2.24) is 10.2 Å². The third-order valence-electron chi connectivity index (χ3n) is 3.87. The minimum absolute atomic E-state index is 0.113. The number of hydrogen-bond acceptors (Lipinski definition) is 2. The zero-order valence-electron chi connectivity index (χ0n) is 12.3. The second kappa shape index (κ2) is 7.46. The first-order valence-electron chi connectivity index (χ1n) is 7.42. The number of rotatable bonds is 4. The van der Waals surface area contributed by atoms with Gasteiger partial charge in [-0.25, -0.2) is 0 Å². The van der Waals surface area contributed by atoms with Crippen LogP contribution in [0.25, 0.3) is 0 Å². The summed E-state index contributed by atoms with van der Waals surface area (Å²) in [6, 6.07) is 7.20. The first kappa shape index (κ1) is 15.8. The Morgan fingerprint density at radius 1 is 1.33 bits per heavy atom. The molecule has 1 aromatic rings. The van der Waals surface area contributed by atoms with Gasteiger partial charge in [0.25, 0.3) is 5.91 Å². The van der Waals surface area contributed by atoms with Gasteiger partial charge in [0.05, 0.1) is 10.6 Å². The van der Waals surface area contributed by atoms with Gasteiger partial charge in [-0.1, -0.05) is 23.7 Å². The molecule has 1 N–H and O–H groups in total. The Morgan fingerprint density at radius 3 is 2.81 bits per heavy atom. The number of nitrogens with zero attached hydrogens (tertiary/aromatic N) is 1. The van der Waals surface area contributed by atoms with Crippen LogP contribution in [-0.2, 0) is 4.79 Å². The SMILES string of the molecule is CC1CCCCN1C(=O)CCNC(=O)c1ccccc1Cl. The van der Waals surface area contributed by atoms with Gasteiger partial charge in [-0.3, -0.25) is 9.59 Å². The van der Waals surface area contributed by atoms with Crippen LogP contribution in [0.3, 0.4) is 0 Å². The highest BCUT2D eigenvalue weighted by molar-refractivity contribution is 6.33. The molecule has 1 aliphatic rings. The average Bonchev–Trinajstić information content (AvgIpc) is 2.48. The van der Waals surface area contributed by atoms with Crippen molar-refractivity contribution < 1.29 is 9.59 Å². The van der Waals surface area contributed by atoms with Crippen LogP contribution in [0.15, 0.2) is 24.3 Å². The fourth-order valence-electron chi connectivity index (χ4n) is 2.64. The lowest BCUT2D eigenvalue weighted by molar-refractivity contribution is -0.134. The lowest BCUT2D eigenvalue weighted by Crippen LogP contribution is -2.43. The van der Waals surface area contributed by atoms with Crippen LogP contribution in [-0.4, -0.2) is 35.8 Å². The number of carbonyl (C=O) groups is 2. The van der Waals surface area contributed by atoms with Crippen LogP contribution in [0.2, 0.25) is 5.02 Å². The van der Waals surface area contributed by atoms with E-state index >= 15 is 0 Å². The van der Waals surface area contributed by atoms with Crippen LogP contribution < -0.4 is 5.32 Å². The van der Waals surface area contributed by atoms with Crippen molar-refractivity contribution in [3.63, 3.8) is 0 Å². The Labute approximate surface area is 130 Å². The van der Waals surface area contributed by atoms with Crippen molar-refractivity contribution in [2.24, 2.45) is 0 Å².